The zero-order valence-corrected chi connectivity index (χ0v) is 10.3. The Balaban J connectivity index is 1.96. The van der Waals surface area contributed by atoms with Gasteiger partial charge in [0.05, 0.1) is 19.0 Å². The second-order valence-corrected chi connectivity index (χ2v) is 5.16. The van der Waals surface area contributed by atoms with Crippen LogP contribution in [0.2, 0.25) is 0 Å². The minimum absolute atomic E-state index is 0.111. The Morgan fingerprint density at radius 3 is 2.76 bits per heavy atom. The summed E-state index contributed by atoms with van der Waals surface area (Å²) in [6, 6.07) is 9.78. The van der Waals surface area contributed by atoms with Crippen molar-refractivity contribution in [2.45, 2.75) is 18.6 Å². The van der Waals surface area contributed by atoms with Crippen molar-refractivity contribution < 1.29 is 18.2 Å². The predicted molar refractivity (Wildman–Crippen MR) is 65.0 cm³/mol. The highest BCUT2D eigenvalue weighted by Crippen LogP contribution is 2.25. The number of rotatable bonds is 5. The molecule has 0 amide bonds. The Hall–Kier alpha value is -0.750. The van der Waals surface area contributed by atoms with Gasteiger partial charge >= 0.3 is 0 Å². The smallest absolute Gasteiger partial charge is 0.155 e. The van der Waals surface area contributed by atoms with Crippen LogP contribution in [0.1, 0.15) is 12.0 Å². The van der Waals surface area contributed by atoms with Crippen LogP contribution in [0, 0.1) is 0 Å². The van der Waals surface area contributed by atoms with Gasteiger partial charge in [-0.3, -0.25) is 0 Å². The van der Waals surface area contributed by atoms with Gasteiger partial charge < -0.3 is 14.0 Å². The summed E-state index contributed by atoms with van der Waals surface area (Å²) in [6.45, 7) is 1.43. The van der Waals surface area contributed by atoms with E-state index in [4.69, 9.17) is 14.0 Å². The molecule has 1 fully saturated rings. The maximum Gasteiger partial charge on any atom is 0.155 e. The Labute approximate surface area is 103 Å². The third-order valence-corrected chi connectivity index (χ3v) is 3.61. The number of ether oxygens (including phenoxy) is 2. The predicted octanol–water partition coefficient (Wildman–Crippen LogP) is 1.58. The number of benzene rings is 1. The van der Waals surface area contributed by atoms with Gasteiger partial charge in [0, 0.05) is 13.0 Å². The van der Waals surface area contributed by atoms with E-state index in [1.54, 1.807) is 0 Å². The van der Waals surface area contributed by atoms with Crippen LogP contribution >= 0.6 is 0 Å². The van der Waals surface area contributed by atoms with Gasteiger partial charge in [-0.1, -0.05) is 30.3 Å². The summed E-state index contributed by atoms with van der Waals surface area (Å²) < 4.78 is 31.0. The minimum atomic E-state index is -1.86. The Bertz CT molecular complexity index is 373. The first-order chi connectivity index (χ1) is 8.20. The van der Waals surface area contributed by atoms with Gasteiger partial charge in [0.1, 0.15) is 5.60 Å². The molecule has 2 rings (SSSR count). The van der Waals surface area contributed by atoms with Crippen LogP contribution in [0.5, 0.6) is 0 Å². The van der Waals surface area contributed by atoms with Crippen LogP contribution in [0.25, 0.3) is 0 Å². The molecule has 0 aliphatic carbocycles. The van der Waals surface area contributed by atoms with Crippen molar-refractivity contribution in [1.82, 2.24) is 0 Å². The molecule has 0 saturated carbocycles. The average Bonchev–Trinajstić information content (AvgIpc) is 2.76. The molecule has 2 unspecified atom stereocenters. The SMILES string of the molecule is O=S(O)CC1(OCc2ccccc2)CCOC1. The summed E-state index contributed by atoms with van der Waals surface area (Å²) in [5.41, 5.74) is 0.456. The fourth-order valence-electron chi connectivity index (χ4n) is 1.89. The summed E-state index contributed by atoms with van der Waals surface area (Å²) in [5, 5.41) is 0. The maximum atomic E-state index is 10.9. The third kappa shape index (κ3) is 3.61. The van der Waals surface area contributed by atoms with E-state index < -0.39 is 16.7 Å². The van der Waals surface area contributed by atoms with Gasteiger partial charge in [-0.2, -0.15) is 0 Å². The number of hydrogen-bond acceptors (Lipinski definition) is 3. The molecule has 17 heavy (non-hydrogen) atoms. The zero-order valence-electron chi connectivity index (χ0n) is 9.50. The molecule has 1 aliphatic heterocycles. The highest BCUT2D eigenvalue weighted by Gasteiger charge is 2.37. The second kappa shape index (κ2) is 5.73. The van der Waals surface area contributed by atoms with Crippen molar-refractivity contribution in [3.8, 4) is 0 Å². The van der Waals surface area contributed by atoms with Gasteiger partial charge in [-0.05, 0) is 5.56 Å². The van der Waals surface area contributed by atoms with E-state index >= 15 is 0 Å². The summed E-state index contributed by atoms with van der Waals surface area (Å²) in [6.07, 6.45) is 0.673. The third-order valence-electron chi connectivity index (χ3n) is 2.84. The molecule has 1 N–H and O–H groups in total. The van der Waals surface area contributed by atoms with E-state index in [9.17, 15) is 4.21 Å². The van der Waals surface area contributed by atoms with Crippen molar-refractivity contribution in [2.24, 2.45) is 0 Å². The van der Waals surface area contributed by atoms with Crippen LogP contribution in [0.4, 0.5) is 0 Å². The van der Waals surface area contributed by atoms with Gasteiger partial charge in [-0.25, -0.2) is 4.21 Å². The van der Waals surface area contributed by atoms with Gasteiger partial charge in [0.15, 0.2) is 11.1 Å². The largest absolute Gasteiger partial charge is 0.378 e. The molecule has 1 heterocycles. The summed E-state index contributed by atoms with van der Waals surface area (Å²) >= 11 is -1.86. The first-order valence-corrected chi connectivity index (χ1v) is 6.81. The molecule has 0 radical (unpaired) electrons. The molecule has 1 aromatic carbocycles. The summed E-state index contributed by atoms with van der Waals surface area (Å²) in [5.74, 6) is 0.111. The molecule has 0 aromatic heterocycles. The monoisotopic (exact) mass is 256 g/mol. The molecule has 94 valence electrons. The van der Waals surface area contributed by atoms with Gasteiger partial charge in [-0.15, -0.1) is 0 Å². The first kappa shape index (κ1) is 12.7. The van der Waals surface area contributed by atoms with Crippen molar-refractivity contribution in [3.05, 3.63) is 35.9 Å². The van der Waals surface area contributed by atoms with Crippen molar-refractivity contribution in [1.29, 1.82) is 0 Å². The highest BCUT2D eigenvalue weighted by molar-refractivity contribution is 7.79. The van der Waals surface area contributed by atoms with Crippen LogP contribution in [0.15, 0.2) is 30.3 Å². The van der Waals surface area contributed by atoms with E-state index in [0.29, 0.717) is 26.2 Å². The fraction of sp³-hybridized carbons (Fsp3) is 0.500. The lowest BCUT2D eigenvalue weighted by Gasteiger charge is -2.26. The van der Waals surface area contributed by atoms with Gasteiger partial charge in [0.25, 0.3) is 0 Å². The molecule has 1 aliphatic rings. The average molecular weight is 256 g/mol. The zero-order chi connectivity index (χ0) is 12.1. The lowest BCUT2D eigenvalue weighted by molar-refractivity contribution is -0.0439. The first-order valence-electron chi connectivity index (χ1n) is 5.53. The number of hydrogen-bond donors (Lipinski definition) is 1. The van der Waals surface area contributed by atoms with Crippen molar-refractivity contribution >= 4 is 11.1 Å². The normalized spacial score (nSPS) is 25.9. The molecule has 5 heteroatoms. The molecule has 1 saturated heterocycles. The lowest BCUT2D eigenvalue weighted by atomic mass is 10.1. The Morgan fingerprint density at radius 2 is 2.18 bits per heavy atom. The van der Waals surface area contributed by atoms with Crippen molar-refractivity contribution in [2.75, 3.05) is 19.0 Å². The van der Waals surface area contributed by atoms with Crippen LogP contribution in [-0.4, -0.2) is 33.3 Å². The lowest BCUT2D eigenvalue weighted by Crippen LogP contribution is -2.39. The van der Waals surface area contributed by atoms with Crippen LogP contribution in [-0.2, 0) is 27.2 Å². The standard InChI is InChI=1S/C12H16O4S/c13-17(14)10-12(6-7-15-9-12)16-8-11-4-2-1-3-5-11/h1-5H,6-10H2,(H,13,14). The minimum Gasteiger partial charge on any atom is -0.378 e. The summed E-state index contributed by atoms with van der Waals surface area (Å²) in [4.78, 5) is 0. The van der Waals surface area contributed by atoms with E-state index in [-0.39, 0.29) is 5.75 Å². The molecular weight excluding hydrogens is 240 g/mol. The maximum absolute atomic E-state index is 10.9. The van der Waals surface area contributed by atoms with E-state index in [1.807, 2.05) is 30.3 Å². The second-order valence-electron chi connectivity index (χ2n) is 4.23. The fourth-order valence-corrected chi connectivity index (χ4v) is 2.65. The molecule has 0 bridgehead atoms. The molecule has 4 nitrogen and oxygen atoms in total. The molecule has 2 atom stereocenters. The van der Waals surface area contributed by atoms with E-state index in [0.717, 1.165) is 5.56 Å². The van der Waals surface area contributed by atoms with Crippen LogP contribution < -0.4 is 0 Å². The Kier molecular flexibility index (Phi) is 4.28. The molecule has 1 aromatic rings. The van der Waals surface area contributed by atoms with Crippen molar-refractivity contribution in [3.63, 3.8) is 0 Å². The Morgan fingerprint density at radius 1 is 1.41 bits per heavy atom. The summed E-state index contributed by atoms with van der Waals surface area (Å²) in [7, 11) is 0. The van der Waals surface area contributed by atoms with Crippen LogP contribution in [0.3, 0.4) is 0 Å². The van der Waals surface area contributed by atoms with Gasteiger partial charge in [0.2, 0.25) is 0 Å². The molecular formula is C12H16O4S. The van der Waals surface area contributed by atoms with E-state index in [1.165, 1.54) is 0 Å². The topological polar surface area (TPSA) is 55.8 Å². The van der Waals surface area contributed by atoms with E-state index in [2.05, 4.69) is 0 Å². The quantitative estimate of drug-likeness (QED) is 0.813. The molecule has 0 spiro atoms. The highest BCUT2D eigenvalue weighted by atomic mass is 32.2.